The predicted octanol–water partition coefficient (Wildman–Crippen LogP) is 3.56. The van der Waals surface area contributed by atoms with E-state index in [0.717, 1.165) is 15.7 Å². The van der Waals surface area contributed by atoms with Crippen molar-refractivity contribution in [1.29, 1.82) is 5.26 Å². The predicted molar refractivity (Wildman–Crippen MR) is 126 cm³/mol. The molecule has 2 aromatic carbocycles. The molecule has 3 aromatic rings. The lowest BCUT2D eigenvalue weighted by atomic mass is 10.0. The molecule has 0 unspecified atom stereocenters. The van der Waals surface area contributed by atoms with Crippen LogP contribution in [0.4, 0.5) is 0 Å². The van der Waals surface area contributed by atoms with E-state index in [-0.39, 0.29) is 29.8 Å². The number of aromatic hydroxyl groups is 1. The zero-order valence-corrected chi connectivity index (χ0v) is 19.5. The van der Waals surface area contributed by atoms with Crippen LogP contribution >= 0.6 is 0 Å². The maximum absolute atomic E-state index is 12.9. The number of aromatic nitrogens is 1. The first kappa shape index (κ1) is 24.4. The van der Waals surface area contributed by atoms with E-state index in [4.69, 9.17) is 14.2 Å². The van der Waals surface area contributed by atoms with E-state index in [1.54, 1.807) is 24.3 Å². The van der Waals surface area contributed by atoms with Crippen molar-refractivity contribution in [3.05, 3.63) is 80.6 Å². The summed E-state index contributed by atoms with van der Waals surface area (Å²) in [6.07, 6.45) is 0.343. The number of ether oxygens (including phenoxy) is 3. The molecule has 1 heterocycles. The molecule has 0 amide bonds. The van der Waals surface area contributed by atoms with E-state index < -0.39 is 17.2 Å². The maximum atomic E-state index is 12.9. The Morgan fingerprint density at radius 1 is 1.06 bits per heavy atom. The molecule has 0 aliphatic heterocycles. The highest BCUT2D eigenvalue weighted by Gasteiger charge is 2.24. The first-order chi connectivity index (χ1) is 16.3. The quantitative estimate of drug-likeness (QED) is 0.484. The summed E-state index contributed by atoms with van der Waals surface area (Å²) in [5.74, 6) is 0.571. The van der Waals surface area contributed by atoms with Crippen LogP contribution in [0.2, 0.25) is 0 Å². The topological polar surface area (TPSA) is 111 Å². The molecule has 0 fully saturated rings. The van der Waals surface area contributed by atoms with Crippen LogP contribution in [-0.2, 0) is 13.0 Å². The summed E-state index contributed by atoms with van der Waals surface area (Å²) in [5.41, 5.74) is 1.05. The van der Waals surface area contributed by atoms with Gasteiger partial charge in [-0.05, 0) is 55.7 Å². The number of nitrogens with zero attached hydrogens (tertiary/aromatic N) is 2. The van der Waals surface area contributed by atoms with Crippen molar-refractivity contribution in [2.45, 2.75) is 26.8 Å². The summed E-state index contributed by atoms with van der Waals surface area (Å²) in [6, 6.07) is 14.4. The molecule has 176 valence electrons. The van der Waals surface area contributed by atoms with Gasteiger partial charge in [-0.1, -0.05) is 23.8 Å². The Balaban J connectivity index is 1.90. The third kappa shape index (κ3) is 5.04. The first-order valence-corrected chi connectivity index (χ1v) is 10.6. The fourth-order valence-corrected chi connectivity index (χ4v) is 3.62. The molecule has 0 aliphatic carbocycles. The molecule has 0 saturated heterocycles. The Morgan fingerprint density at radius 2 is 1.74 bits per heavy atom. The molecule has 8 nitrogen and oxygen atoms in total. The van der Waals surface area contributed by atoms with Gasteiger partial charge in [0.25, 0.3) is 5.56 Å². The molecule has 0 bridgehead atoms. The average Bonchev–Trinajstić information content (AvgIpc) is 2.83. The van der Waals surface area contributed by atoms with E-state index in [1.807, 2.05) is 31.2 Å². The van der Waals surface area contributed by atoms with Crippen molar-refractivity contribution in [3.63, 3.8) is 0 Å². The molecule has 0 radical (unpaired) electrons. The van der Waals surface area contributed by atoms with Gasteiger partial charge in [0.15, 0.2) is 18.1 Å². The van der Waals surface area contributed by atoms with Crippen LogP contribution in [-0.4, -0.2) is 36.3 Å². The highest BCUT2D eigenvalue weighted by Crippen LogP contribution is 2.28. The van der Waals surface area contributed by atoms with Gasteiger partial charge in [0, 0.05) is 6.54 Å². The zero-order chi connectivity index (χ0) is 24.8. The molecule has 34 heavy (non-hydrogen) atoms. The number of hydrogen-bond acceptors (Lipinski definition) is 7. The number of methoxy groups -OCH3 is 2. The number of rotatable bonds is 9. The van der Waals surface area contributed by atoms with Crippen molar-refractivity contribution >= 4 is 5.78 Å². The van der Waals surface area contributed by atoms with Gasteiger partial charge < -0.3 is 19.3 Å². The van der Waals surface area contributed by atoms with Gasteiger partial charge in [-0.25, -0.2) is 0 Å². The molecule has 0 aliphatic rings. The lowest BCUT2D eigenvalue weighted by Crippen LogP contribution is -2.28. The average molecular weight is 463 g/mol. The monoisotopic (exact) mass is 462 g/mol. The summed E-state index contributed by atoms with van der Waals surface area (Å²) in [7, 11) is 3.06. The van der Waals surface area contributed by atoms with E-state index in [2.05, 4.69) is 0 Å². The summed E-state index contributed by atoms with van der Waals surface area (Å²) < 4.78 is 17.1. The number of carbonyl (C=O) groups excluding carboxylic acids is 1. The van der Waals surface area contributed by atoms with Crippen molar-refractivity contribution in [2.24, 2.45) is 0 Å². The van der Waals surface area contributed by atoms with E-state index >= 15 is 0 Å². The second kappa shape index (κ2) is 10.6. The lowest BCUT2D eigenvalue weighted by Gasteiger charge is -2.16. The van der Waals surface area contributed by atoms with Crippen LogP contribution in [0.3, 0.4) is 0 Å². The van der Waals surface area contributed by atoms with Crippen molar-refractivity contribution in [1.82, 2.24) is 4.57 Å². The summed E-state index contributed by atoms with van der Waals surface area (Å²) in [5, 5.41) is 20.4. The largest absolute Gasteiger partial charge is 0.494 e. The van der Waals surface area contributed by atoms with E-state index in [0.29, 0.717) is 23.7 Å². The Bertz CT molecular complexity index is 1300. The number of benzene rings is 2. The van der Waals surface area contributed by atoms with Crippen LogP contribution in [0.15, 0.2) is 47.3 Å². The minimum absolute atomic E-state index is 0.0498. The summed E-state index contributed by atoms with van der Waals surface area (Å²) in [4.78, 5) is 25.8. The minimum Gasteiger partial charge on any atom is -0.494 e. The van der Waals surface area contributed by atoms with E-state index in [1.165, 1.54) is 21.1 Å². The van der Waals surface area contributed by atoms with Crippen LogP contribution in [0, 0.1) is 25.2 Å². The molecule has 1 N–H and O–H groups in total. The number of hydrogen-bond donors (Lipinski definition) is 1. The molecule has 8 heteroatoms. The fourth-order valence-electron chi connectivity index (χ4n) is 3.62. The lowest BCUT2D eigenvalue weighted by molar-refractivity contribution is 0.0916. The Morgan fingerprint density at radius 3 is 2.35 bits per heavy atom. The molecule has 0 spiro atoms. The number of pyridine rings is 1. The molecule has 0 atom stereocenters. The van der Waals surface area contributed by atoms with Crippen LogP contribution in [0.1, 0.15) is 32.6 Å². The first-order valence-electron chi connectivity index (χ1n) is 10.6. The standard InChI is InChI=1S/C26H26N2O6/c1-16-5-8-19(9-6-16)34-15-21(29)24-17(2)20(14-27)25(30)28(26(24)31)12-11-18-7-10-22(32-3)23(13-18)33-4/h5-10,13,31H,11-12,15H2,1-4H3. The summed E-state index contributed by atoms with van der Waals surface area (Å²) in [6.45, 7) is 3.10. The maximum Gasteiger partial charge on any atom is 0.271 e. The fraction of sp³-hybridized carbons (Fsp3) is 0.269. The smallest absolute Gasteiger partial charge is 0.271 e. The second-order valence-corrected chi connectivity index (χ2v) is 7.73. The third-order valence-electron chi connectivity index (χ3n) is 5.54. The molecular formula is C26H26N2O6. The highest BCUT2D eigenvalue weighted by atomic mass is 16.5. The minimum atomic E-state index is -0.658. The third-order valence-corrected chi connectivity index (χ3v) is 5.54. The van der Waals surface area contributed by atoms with Gasteiger partial charge in [-0.2, -0.15) is 5.26 Å². The number of nitriles is 1. The number of Topliss-reactive ketones (excluding diaryl/α,β-unsaturated/α-hetero) is 1. The van der Waals surface area contributed by atoms with Crippen molar-refractivity contribution < 1.29 is 24.1 Å². The van der Waals surface area contributed by atoms with Gasteiger partial charge in [0.05, 0.1) is 19.8 Å². The second-order valence-electron chi connectivity index (χ2n) is 7.73. The number of ketones is 1. The van der Waals surface area contributed by atoms with Crippen LogP contribution < -0.4 is 19.8 Å². The van der Waals surface area contributed by atoms with Gasteiger partial charge in [0.2, 0.25) is 11.7 Å². The Kier molecular flexibility index (Phi) is 7.59. The molecular weight excluding hydrogens is 436 g/mol. The molecule has 1 aromatic heterocycles. The SMILES string of the molecule is COc1ccc(CCn2c(O)c(C(=O)COc3ccc(C)cc3)c(C)c(C#N)c2=O)cc1OC. The van der Waals surface area contributed by atoms with Gasteiger partial charge in [-0.15, -0.1) is 0 Å². The Hall–Kier alpha value is -4.25. The van der Waals surface area contributed by atoms with Crippen molar-refractivity contribution in [3.8, 4) is 29.2 Å². The van der Waals surface area contributed by atoms with E-state index in [9.17, 15) is 20.0 Å². The van der Waals surface area contributed by atoms with Gasteiger partial charge >= 0.3 is 0 Å². The van der Waals surface area contributed by atoms with Crippen LogP contribution in [0.5, 0.6) is 23.1 Å². The number of aryl methyl sites for hydroxylation is 2. The van der Waals surface area contributed by atoms with Crippen LogP contribution in [0.25, 0.3) is 0 Å². The zero-order valence-electron chi connectivity index (χ0n) is 19.5. The van der Waals surface area contributed by atoms with Gasteiger partial charge in [-0.3, -0.25) is 14.2 Å². The normalized spacial score (nSPS) is 10.4. The van der Waals surface area contributed by atoms with Crippen molar-refractivity contribution in [2.75, 3.05) is 20.8 Å². The Labute approximate surface area is 197 Å². The molecule has 3 rings (SSSR count). The summed E-state index contributed by atoms with van der Waals surface area (Å²) >= 11 is 0. The van der Waals surface area contributed by atoms with Gasteiger partial charge in [0.1, 0.15) is 17.4 Å². The highest BCUT2D eigenvalue weighted by molar-refractivity contribution is 6.01. The number of carbonyl (C=O) groups is 1. The molecule has 0 saturated carbocycles.